The van der Waals surface area contributed by atoms with E-state index in [0.717, 1.165) is 18.2 Å². The van der Waals surface area contributed by atoms with Crippen LogP contribution in [0.25, 0.3) is 0 Å². The average Bonchev–Trinajstić information content (AvgIpc) is 2.48. The van der Waals surface area contributed by atoms with E-state index < -0.39 is 27.5 Å². The van der Waals surface area contributed by atoms with Crippen LogP contribution in [0, 0.1) is 0 Å². The molecule has 0 radical (unpaired) electrons. The van der Waals surface area contributed by atoms with Crippen LogP contribution in [-0.2, 0) is 16.2 Å². The van der Waals surface area contributed by atoms with Gasteiger partial charge >= 0.3 is 6.18 Å². The SMILES string of the molecule is COc1ccc(Cl)cc1S(=O)(=O)Nc1cc(C(F)(F)F)ccc1Cl. The van der Waals surface area contributed by atoms with E-state index in [1.807, 2.05) is 4.72 Å². The minimum atomic E-state index is -4.64. The Balaban J connectivity index is 2.49. The van der Waals surface area contributed by atoms with Crippen molar-refractivity contribution in [2.24, 2.45) is 0 Å². The fraction of sp³-hybridized carbons (Fsp3) is 0.143. The molecule has 0 aliphatic rings. The van der Waals surface area contributed by atoms with Gasteiger partial charge in [-0.1, -0.05) is 23.2 Å². The minimum absolute atomic E-state index is 0.0185. The van der Waals surface area contributed by atoms with E-state index >= 15 is 0 Å². The van der Waals surface area contributed by atoms with E-state index in [9.17, 15) is 21.6 Å². The number of sulfonamides is 1. The zero-order valence-electron chi connectivity index (χ0n) is 12.0. The number of anilines is 1. The number of methoxy groups -OCH3 is 1. The number of halogens is 5. The molecule has 0 saturated heterocycles. The zero-order chi connectivity index (χ0) is 18.1. The van der Waals surface area contributed by atoms with Crippen molar-refractivity contribution in [3.63, 3.8) is 0 Å². The summed E-state index contributed by atoms with van der Waals surface area (Å²) in [6, 6.07) is 6.17. The topological polar surface area (TPSA) is 55.4 Å². The molecule has 2 aromatic rings. The van der Waals surface area contributed by atoms with Gasteiger partial charge in [-0.15, -0.1) is 0 Å². The van der Waals surface area contributed by atoms with E-state index in [-0.39, 0.29) is 20.7 Å². The highest BCUT2D eigenvalue weighted by Crippen LogP contribution is 2.35. The highest BCUT2D eigenvalue weighted by atomic mass is 35.5. The van der Waals surface area contributed by atoms with Gasteiger partial charge < -0.3 is 4.74 Å². The Hall–Kier alpha value is -1.64. The molecule has 0 heterocycles. The summed E-state index contributed by atoms with van der Waals surface area (Å²) >= 11 is 11.6. The number of hydrogen-bond acceptors (Lipinski definition) is 3. The standard InChI is InChI=1S/C14H10Cl2F3NO3S/c1-23-12-5-3-9(15)7-13(12)24(21,22)20-11-6-8(14(17,18)19)2-4-10(11)16/h2-7,20H,1H3. The Morgan fingerprint density at radius 1 is 1.08 bits per heavy atom. The molecule has 10 heteroatoms. The largest absolute Gasteiger partial charge is 0.495 e. The van der Waals surface area contributed by atoms with Gasteiger partial charge in [0.1, 0.15) is 10.6 Å². The zero-order valence-corrected chi connectivity index (χ0v) is 14.3. The summed E-state index contributed by atoms with van der Waals surface area (Å²) in [7, 11) is -3.03. The minimum Gasteiger partial charge on any atom is -0.495 e. The Morgan fingerprint density at radius 3 is 2.33 bits per heavy atom. The maximum atomic E-state index is 12.8. The van der Waals surface area contributed by atoms with Gasteiger partial charge in [0.05, 0.1) is 23.4 Å². The maximum absolute atomic E-state index is 12.8. The molecule has 0 spiro atoms. The third-order valence-electron chi connectivity index (χ3n) is 2.95. The van der Waals surface area contributed by atoms with Crippen molar-refractivity contribution in [3.05, 3.63) is 52.0 Å². The van der Waals surface area contributed by atoms with E-state index in [2.05, 4.69) is 0 Å². The molecule has 24 heavy (non-hydrogen) atoms. The number of alkyl halides is 3. The smallest absolute Gasteiger partial charge is 0.416 e. The van der Waals surface area contributed by atoms with Gasteiger partial charge in [0.15, 0.2) is 0 Å². The van der Waals surface area contributed by atoms with Crippen LogP contribution in [0.5, 0.6) is 5.75 Å². The summed E-state index contributed by atoms with van der Waals surface area (Å²) < 4.78 is 70.2. The van der Waals surface area contributed by atoms with Crippen LogP contribution in [0.3, 0.4) is 0 Å². The number of ether oxygens (including phenoxy) is 1. The molecular weight excluding hydrogens is 390 g/mol. The van der Waals surface area contributed by atoms with Crippen LogP contribution in [-0.4, -0.2) is 15.5 Å². The third kappa shape index (κ3) is 4.06. The van der Waals surface area contributed by atoms with Crippen molar-refractivity contribution < 1.29 is 26.3 Å². The van der Waals surface area contributed by atoms with Gasteiger partial charge in [0, 0.05) is 5.02 Å². The highest BCUT2D eigenvalue weighted by molar-refractivity contribution is 7.92. The normalized spacial score (nSPS) is 12.1. The lowest BCUT2D eigenvalue weighted by atomic mass is 10.2. The predicted octanol–water partition coefficient (Wildman–Crippen LogP) is 4.82. The number of nitrogens with one attached hydrogen (secondary N) is 1. The van der Waals surface area contributed by atoms with Crippen molar-refractivity contribution in [1.29, 1.82) is 0 Å². The average molecular weight is 400 g/mol. The van der Waals surface area contributed by atoms with Gasteiger partial charge in [-0.3, -0.25) is 4.72 Å². The first kappa shape index (κ1) is 18.7. The Bertz CT molecular complexity index is 870. The summed E-state index contributed by atoms with van der Waals surface area (Å²) in [5.41, 5.74) is -1.45. The van der Waals surface area contributed by atoms with E-state index in [4.69, 9.17) is 27.9 Å². The van der Waals surface area contributed by atoms with Crippen molar-refractivity contribution in [2.45, 2.75) is 11.1 Å². The molecule has 0 aromatic heterocycles. The molecule has 4 nitrogen and oxygen atoms in total. The quantitative estimate of drug-likeness (QED) is 0.801. The molecule has 0 aliphatic carbocycles. The van der Waals surface area contributed by atoms with Crippen LogP contribution in [0.4, 0.5) is 18.9 Å². The fourth-order valence-corrected chi connectivity index (χ4v) is 3.56. The van der Waals surface area contributed by atoms with E-state index in [0.29, 0.717) is 6.07 Å². The van der Waals surface area contributed by atoms with Gasteiger partial charge in [-0.2, -0.15) is 13.2 Å². The van der Waals surface area contributed by atoms with Crippen LogP contribution < -0.4 is 9.46 Å². The van der Waals surface area contributed by atoms with Gasteiger partial charge in [0.2, 0.25) is 0 Å². The lowest BCUT2D eigenvalue weighted by molar-refractivity contribution is -0.137. The van der Waals surface area contributed by atoms with Crippen LogP contribution in [0.15, 0.2) is 41.3 Å². The molecular formula is C14H10Cl2F3NO3S. The van der Waals surface area contributed by atoms with Crippen molar-refractivity contribution in [3.8, 4) is 5.75 Å². The Labute approximate surface area is 146 Å². The first-order chi connectivity index (χ1) is 11.0. The molecule has 130 valence electrons. The second kappa shape index (κ2) is 6.70. The highest BCUT2D eigenvalue weighted by Gasteiger charge is 2.31. The van der Waals surface area contributed by atoms with E-state index in [1.54, 1.807) is 0 Å². The van der Waals surface area contributed by atoms with Crippen molar-refractivity contribution >= 4 is 38.9 Å². The van der Waals surface area contributed by atoms with E-state index in [1.165, 1.54) is 19.2 Å². The summed E-state index contributed by atoms with van der Waals surface area (Å²) in [5.74, 6) is -0.0185. The fourth-order valence-electron chi connectivity index (χ4n) is 1.84. The predicted molar refractivity (Wildman–Crippen MR) is 85.3 cm³/mol. The lowest BCUT2D eigenvalue weighted by Crippen LogP contribution is -2.15. The maximum Gasteiger partial charge on any atom is 0.416 e. The monoisotopic (exact) mass is 399 g/mol. The number of hydrogen-bond donors (Lipinski definition) is 1. The van der Waals surface area contributed by atoms with Crippen LogP contribution in [0.2, 0.25) is 10.0 Å². The summed E-state index contributed by atoms with van der Waals surface area (Å²) in [6.45, 7) is 0. The third-order valence-corrected chi connectivity index (χ3v) is 4.90. The van der Waals surface area contributed by atoms with Gasteiger partial charge in [-0.25, -0.2) is 8.42 Å². The Kier molecular flexibility index (Phi) is 5.22. The van der Waals surface area contributed by atoms with Gasteiger partial charge in [0.25, 0.3) is 10.0 Å². The second-order valence-corrected chi connectivity index (χ2v) is 7.09. The number of rotatable bonds is 4. The van der Waals surface area contributed by atoms with Crippen molar-refractivity contribution in [1.82, 2.24) is 0 Å². The van der Waals surface area contributed by atoms with Crippen LogP contribution in [0.1, 0.15) is 5.56 Å². The van der Waals surface area contributed by atoms with Crippen molar-refractivity contribution in [2.75, 3.05) is 11.8 Å². The lowest BCUT2D eigenvalue weighted by Gasteiger charge is -2.14. The molecule has 2 aromatic carbocycles. The summed E-state index contributed by atoms with van der Waals surface area (Å²) in [6.07, 6.45) is -4.64. The molecule has 0 bridgehead atoms. The molecule has 0 atom stereocenters. The second-order valence-electron chi connectivity index (χ2n) is 4.59. The Morgan fingerprint density at radius 2 is 1.75 bits per heavy atom. The molecule has 0 fully saturated rings. The molecule has 0 aliphatic heterocycles. The summed E-state index contributed by atoms with van der Waals surface area (Å²) in [5, 5.41) is -0.0705. The van der Waals surface area contributed by atoms with Crippen LogP contribution >= 0.6 is 23.2 Å². The molecule has 2 rings (SSSR count). The first-order valence-electron chi connectivity index (χ1n) is 6.27. The first-order valence-corrected chi connectivity index (χ1v) is 8.51. The van der Waals surface area contributed by atoms with Gasteiger partial charge in [-0.05, 0) is 36.4 Å². The molecule has 0 unspecified atom stereocenters. The number of benzene rings is 2. The molecule has 0 saturated carbocycles. The summed E-state index contributed by atoms with van der Waals surface area (Å²) in [4.78, 5) is -0.328. The molecule has 1 N–H and O–H groups in total. The molecule has 0 amide bonds.